The number of benzene rings is 1. The monoisotopic (exact) mass is 557 g/mol. The molecule has 3 aromatic rings. The molecule has 1 N–H and O–H groups in total. The van der Waals surface area contributed by atoms with Crippen molar-refractivity contribution in [2.24, 2.45) is 0 Å². The third-order valence-corrected chi connectivity index (χ3v) is 7.69. The van der Waals surface area contributed by atoms with Crippen molar-refractivity contribution in [1.82, 2.24) is 19.7 Å². The van der Waals surface area contributed by atoms with Gasteiger partial charge in [-0.3, -0.25) is 14.2 Å². The number of esters is 1. The number of rotatable bonds is 11. The Balaban J connectivity index is 1.73. The summed E-state index contributed by atoms with van der Waals surface area (Å²) in [7, 11) is 4.49. The van der Waals surface area contributed by atoms with Gasteiger partial charge >= 0.3 is 5.97 Å². The van der Waals surface area contributed by atoms with Crippen LogP contribution in [-0.4, -0.2) is 64.4 Å². The molecule has 0 unspecified atom stereocenters. The Bertz CT molecular complexity index is 1360. The fourth-order valence-electron chi connectivity index (χ4n) is 3.50. The predicted molar refractivity (Wildman–Crippen MR) is 148 cm³/mol. The van der Waals surface area contributed by atoms with E-state index in [0.29, 0.717) is 28.0 Å². The van der Waals surface area contributed by atoms with E-state index in [0.717, 1.165) is 28.2 Å². The van der Waals surface area contributed by atoms with Gasteiger partial charge in [-0.1, -0.05) is 30.0 Å². The molecule has 0 fully saturated rings. The van der Waals surface area contributed by atoms with E-state index in [-0.39, 0.29) is 34.7 Å². The summed E-state index contributed by atoms with van der Waals surface area (Å²) in [6.07, 6.45) is 1.72. The van der Waals surface area contributed by atoms with Crippen molar-refractivity contribution >= 4 is 45.9 Å². The molecule has 0 saturated heterocycles. The fraction of sp³-hybridized carbons (Fsp3) is 0.346. The molecule has 2 aromatic heterocycles. The molecule has 38 heavy (non-hydrogen) atoms. The summed E-state index contributed by atoms with van der Waals surface area (Å²) in [6.45, 7) is 10.1. The second kappa shape index (κ2) is 12.7. The van der Waals surface area contributed by atoms with Gasteiger partial charge in [-0.25, -0.2) is 4.79 Å². The lowest BCUT2D eigenvalue weighted by Crippen LogP contribution is -2.21. The molecule has 1 aromatic carbocycles. The smallest absolute Gasteiger partial charge is 0.341 e. The maximum absolute atomic E-state index is 12.9. The van der Waals surface area contributed by atoms with Gasteiger partial charge < -0.3 is 19.7 Å². The minimum absolute atomic E-state index is 0.00163. The summed E-state index contributed by atoms with van der Waals surface area (Å²) in [5.41, 5.74) is 2.74. The number of thiophene rings is 1. The summed E-state index contributed by atoms with van der Waals surface area (Å²) in [5, 5.41) is 12.0. The van der Waals surface area contributed by atoms with E-state index < -0.39 is 5.97 Å². The molecule has 0 atom stereocenters. The molecule has 3 rings (SSSR count). The van der Waals surface area contributed by atoms with Crippen LogP contribution in [0.25, 0.3) is 0 Å². The number of aryl methyl sites for hydroxylation is 2. The van der Waals surface area contributed by atoms with E-state index in [9.17, 15) is 14.4 Å². The summed E-state index contributed by atoms with van der Waals surface area (Å²) in [5.74, 6) is 0.113. The predicted octanol–water partition coefficient (Wildman–Crippen LogP) is 4.25. The van der Waals surface area contributed by atoms with Gasteiger partial charge in [-0.05, 0) is 43.5 Å². The largest absolute Gasteiger partial charge is 0.485 e. The lowest BCUT2D eigenvalue weighted by Gasteiger charge is -2.11. The second-order valence-electron chi connectivity index (χ2n) is 8.64. The van der Waals surface area contributed by atoms with Crippen molar-refractivity contribution in [2.45, 2.75) is 39.1 Å². The zero-order chi connectivity index (χ0) is 28.0. The van der Waals surface area contributed by atoms with Crippen LogP contribution < -0.4 is 10.1 Å². The van der Waals surface area contributed by atoms with Crippen LogP contribution in [0, 0.1) is 20.8 Å². The number of allylic oxidation sites excluding steroid dienone is 1. The molecular weight excluding hydrogens is 526 g/mol. The average Bonchev–Trinajstić information content (AvgIpc) is 3.42. The third-order valence-electron chi connectivity index (χ3n) is 5.53. The lowest BCUT2D eigenvalue weighted by molar-refractivity contribution is -0.113. The van der Waals surface area contributed by atoms with Crippen LogP contribution in [0.3, 0.4) is 0 Å². The van der Waals surface area contributed by atoms with Crippen molar-refractivity contribution < 1.29 is 23.9 Å². The highest BCUT2D eigenvalue weighted by Gasteiger charge is 2.27. The Morgan fingerprint density at radius 2 is 1.95 bits per heavy atom. The molecule has 12 heteroatoms. The first-order chi connectivity index (χ1) is 18.1. The lowest BCUT2D eigenvalue weighted by atomic mass is 10.1. The van der Waals surface area contributed by atoms with E-state index >= 15 is 0 Å². The SMILES string of the molecule is C=CCn1c(COc2cc(C)ccc2C)nnc1SCC(=O)Nc1sc(C(=O)N(C)C)c(C)c1C(=O)OC. The third kappa shape index (κ3) is 6.62. The highest BCUT2D eigenvalue weighted by molar-refractivity contribution is 7.99. The highest BCUT2D eigenvalue weighted by Crippen LogP contribution is 2.34. The molecule has 0 saturated carbocycles. The first-order valence-electron chi connectivity index (χ1n) is 11.7. The molecule has 2 amide bonds. The number of hydrogen-bond donors (Lipinski definition) is 1. The van der Waals surface area contributed by atoms with E-state index in [1.54, 1.807) is 27.1 Å². The molecular formula is C26H31N5O5S2. The van der Waals surface area contributed by atoms with Gasteiger partial charge in [0.05, 0.1) is 23.3 Å². The Hall–Kier alpha value is -3.64. The molecule has 0 aliphatic rings. The minimum atomic E-state index is -0.626. The number of carbonyl (C=O) groups is 3. The average molecular weight is 558 g/mol. The fourth-order valence-corrected chi connectivity index (χ4v) is 5.50. The summed E-state index contributed by atoms with van der Waals surface area (Å²) in [4.78, 5) is 39.6. The first kappa shape index (κ1) is 28.9. The molecule has 0 aliphatic carbocycles. The second-order valence-corrected chi connectivity index (χ2v) is 10.6. The number of aromatic nitrogens is 3. The number of carbonyl (C=O) groups excluding carboxylic acids is 3. The van der Waals surface area contributed by atoms with Crippen LogP contribution in [0.5, 0.6) is 5.75 Å². The number of amides is 2. The van der Waals surface area contributed by atoms with Crippen LogP contribution in [-0.2, 0) is 22.7 Å². The molecule has 202 valence electrons. The van der Waals surface area contributed by atoms with E-state index in [2.05, 4.69) is 22.1 Å². The Labute approximate surface area is 230 Å². The van der Waals surface area contributed by atoms with Crippen LogP contribution in [0.15, 0.2) is 36.0 Å². The van der Waals surface area contributed by atoms with Crippen molar-refractivity contribution in [3.8, 4) is 5.75 Å². The van der Waals surface area contributed by atoms with E-state index in [1.165, 1.54) is 23.8 Å². The number of ether oxygens (including phenoxy) is 2. The zero-order valence-corrected chi connectivity index (χ0v) is 23.9. The van der Waals surface area contributed by atoms with Crippen LogP contribution in [0.4, 0.5) is 5.00 Å². The first-order valence-corrected chi connectivity index (χ1v) is 13.5. The van der Waals surface area contributed by atoms with E-state index in [4.69, 9.17) is 9.47 Å². The highest BCUT2D eigenvalue weighted by atomic mass is 32.2. The number of hydrogen-bond acceptors (Lipinski definition) is 9. The maximum Gasteiger partial charge on any atom is 0.341 e. The number of nitrogens with zero attached hydrogens (tertiary/aromatic N) is 4. The van der Waals surface area contributed by atoms with Gasteiger partial charge in [-0.2, -0.15) is 0 Å². The van der Waals surface area contributed by atoms with Crippen LogP contribution >= 0.6 is 23.1 Å². The maximum atomic E-state index is 12.9. The normalized spacial score (nSPS) is 10.7. The van der Waals surface area contributed by atoms with Crippen molar-refractivity contribution in [3.63, 3.8) is 0 Å². The summed E-state index contributed by atoms with van der Waals surface area (Å²) >= 11 is 2.23. The quantitative estimate of drug-likeness (QED) is 0.211. The van der Waals surface area contributed by atoms with Gasteiger partial charge in [0.25, 0.3) is 5.91 Å². The number of thioether (sulfide) groups is 1. The molecule has 2 heterocycles. The van der Waals surface area contributed by atoms with Gasteiger partial charge in [0.2, 0.25) is 5.91 Å². The minimum Gasteiger partial charge on any atom is -0.485 e. The van der Waals surface area contributed by atoms with Gasteiger partial charge in [0.15, 0.2) is 11.0 Å². The summed E-state index contributed by atoms with van der Waals surface area (Å²) < 4.78 is 12.7. The molecule has 0 radical (unpaired) electrons. The Morgan fingerprint density at radius 1 is 1.21 bits per heavy atom. The number of methoxy groups -OCH3 is 1. The standard InChI is InChI=1S/C26H31N5O5S2/c1-8-11-31-19(13-36-18-12-15(2)9-10-16(18)3)28-29-26(31)37-14-20(32)27-23-21(25(34)35-7)17(4)22(38-23)24(33)30(5)6/h8-10,12H,1,11,13-14H2,2-7H3,(H,27,32). The topological polar surface area (TPSA) is 116 Å². The van der Waals surface area contributed by atoms with E-state index in [1.807, 2.05) is 36.6 Å². The van der Waals surface area contributed by atoms with Crippen LogP contribution in [0.2, 0.25) is 0 Å². The molecule has 0 aliphatic heterocycles. The molecule has 0 bridgehead atoms. The zero-order valence-electron chi connectivity index (χ0n) is 22.3. The summed E-state index contributed by atoms with van der Waals surface area (Å²) in [6, 6.07) is 5.99. The van der Waals surface area contributed by atoms with Gasteiger partial charge in [0, 0.05) is 20.6 Å². The number of nitrogens with one attached hydrogen (secondary N) is 1. The number of anilines is 1. The van der Waals surface area contributed by atoms with Crippen molar-refractivity contribution in [3.05, 3.63) is 63.8 Å². The van der Waals surface area contributed by atoms with Crippen molar-refractivity contribution in [1.29, 1.82) is 0 Å². The Kier molecular flexibility index (Phi) is 9.70. The van der Waals surface area contributed by atoms with Gasteiger partial charge in [0.1, 0.15) is 17.4 Å². The molecule has 0 spiro atoms. The Morgan fingerprint density at radius 3 is 2.61 bits per heavy atom. The van der Waals surface area contributed by atoms with Crippen molar-refractivity contribution in [2.75, 3.05) is 32.3 Å². The van der Waals surface area contributed by atoms with Gasteiger partial charge in [-0.15, -0.1) is 28.1 Å². The van der Waals surface area contributed by atoms with Crippen LogP contribution in [0.1, 0.15) is 42.5 Å². The molecule has 10 nitrogen and oxygen atoms in total.